The van der Waals surface area contributed by atoms with E-state index in [1.54, 1.807) is 37.4 Å². The van der Waals surface area contributed by atoms with Gasteiger partial charge in [0.1, 0.15) is 16.9 Å². The first kappa shape index (κ1) is 15.7. The van der Waals surface area contributed by atoms with Gasteiger partial charge in [0.2, 0.25) is 5.75 Å². The Morgan fingerprint density at radius 3 is 2.21 bits per heavy atom. The Balaban J connectivity index is 2.24. The molecule has 0 spiro atoms. The van der Waals surface area contributed by atoms with Gasteiger partial charge in [-0.3, -0.25) is 0 Å². The van der Waals surface area contributed by atoms with E-state index in [9.17, 15) is 10.2 Å². The maximum absolute atomic E-state index is 10.4. The van der Waals surface area contributed by atoms with Gasteiger partial charge in [-0.05, 0) is 12.1 Å². The van der Waals surface area contributed by atoms with Crippen molar-refractivity contribution in [1.29, 1.82) is 0 Å². The zero-order valence-electron chi connectivity index (χ0n) is 13.5. The van der Waals surface area contributed by atoms with E-state index in [-0.39, 0.29) is 23.0 Å². The Labute approximate surface area is 138 Å². The molecule has 0 aliphatic rings. The molecule has 0 amide bonds. The van der Waals surface area contributed by atoms with Crippen LogP contribution in [-0.2, 0) is 0 Å². The summed E-state index contributed by atoms with van der Waals surface area (Å²) in [5, 5.41) is 20.7. The van der Waals surface area contributed by atoms with Crippen molar-refractivity contribution in [2.75, 3.05) is 21.3 Å². The van der Waals surface area contributed by atoms with Crippen LogP contribution in [0.5, 0.6) is 28.7 Å². The molecule has 0 saturated heterocycles. The highest BCUT2D eigenvalue weighted by molar-refractivity contribution is 5.88. The van der Waals surface area contributed by atoms with E-state index in [1.165, 1.54) is 20.3 Å². The molecule has 3 rings (SSSR count). The molecule has 1 aromatic heterocycles. The molecule has 0 fully saturated rings. The van der Waals surface area contributed by atoms with E-state index in [2.05, 4.69) is 0 Å². The fourth-order valence-corrected chi connectivity index (χ4v) is 2.48. The van der Waals surface area contributed by atoms with Crippen molar-refractivity contribution in [3.63, 3.8) is 0 Å². The maximum Gasteiger partial charge on any atom is 0.402 e. The molecule has 6 nitrogen and oxygen atoms in total. The summed E-state index contributed by atoms with van der Waals surface area (Å²) in [6.07, 6.45) is 0. The van der Waals surface area contributed by atoms with Crippen LogP contribution >= 0.6 is 0 Å². The third kappa shape index (κ3) is 2.62. The van der Waals surface area contributed by atoms with Gasteiger partial charge in [0.15, 0.2) is 11.5 Å². The van der Waals surface area contributed by atoms with Crippen LogP contribution in [0, 0.1) is 0 Å². The summed E-state index contributed by atoms with van der Waals surface area (Å²) in [4.78, 5) is 0. The molecule has 1 heterocycles. The molecule has 124 valence electrons. The number of phenols is 1. The average Bonchev–Trinajstić information content (AvgIpc) is 2.61. The summed E-state index contributed by atoms with van der Waals surface area (Å²) in [5.41, 5.74) is 1.05. The minimum atomic E-state index is -0.0568. The molecule has 2 N–H and O–H groups in total. The van der Waals surface area contributed by atoms with Crippen molar-refractivity contribution >= 4 is 11.0 Å². The normalized spacial score (nSPS) is 10.6. The lowest BCUT2D eigenvalue weighted by molar-refractivity contribution is 0.373. The second kappa shape index (κ2) is 6.16. The molecule has 2 aromatic carbocycles. The monoisotopic (exact) mass is 329 g/mol. The zero-order chi connectivity index (χ0) is 17.3. The molecule has 24 heavy (non-hydrogen) atoms. The molecule has 3 aromatic rings. The number of hydrogen-bond donors (Lipinski definition) is 2. The molecular formula is C18H17O6+. The van der Waals surface area contributed by atoms with E-state index in [4.69, 9.17) is 18.6 Å². The van der Waals surface area contributed by atoms with Gasteiger partial charge in [-0.2, -0.15) is 0 Å². The van der Waals surface area contributed by atoms with Crippen molar-refractivity contribution in [1.82, 2.24) is 0 Å². The number of rotatable bonds is 4. The van der Waals surface area contributed by atoms with E-state index in [0.717, 1.165) is 0 Å². The smallest absolute Gasteiger partial charge is 0.402 e. The molecule has 0 aliphatic heterocycles. The van der Waals surface area contributed by atoms with Gasteiger partial charge in [-0.1, -0.05) is 0 Å². The molecule has 0 radical (unpaired) electrons. The summed E-state index contributed by atoms with van der Waals surface area (Å²) < 4.78 is 21.5. The first-order chi connectivity index (χ1) is 11.6. The van der Waals surface area contributed by atoms with Crippen molar-refractivity contribution in [3.05, 3.63) is 36.4 Å². The van der Waals surface area contributed by atoms with Crippen LogP contribution in [0.1, 0.15) is 0 Å². The fourth-order valence-electron chi connectivity index (χ4n) is 2.48. The number of ether oxygens (including phenoxy) is 3. The Bertz CT molecular complexity index is 904. The Morgan fingerprint density at radius 1 is 0.792 bits per heavy atom. The molecule has 0 saturated carbocycles. The van der Waals surface area contributed by atoms with Crippen LogP contribution in [0.4, 0.5) is 0 Å². The quantitative estimate of drug-likeness (QED) is 0.708. The standard InChI is InChI=1S/C18H16O6/c1-21-11-7-15(22-2)12-9-14(20)18(24-16(12)8-11)10-4-5-13(19)17(6-10)23-3/h4-9H,1-3H3,(H-,19,20)/p+1. The number of hydrogen-bond acceptors (Lipinski definition) is 5. The van der Waals surface area contributed by atoms with Crippen LogP contribution in [0.15, 0.2) is 40.8 Å². The molecule has 0 aliphatic carbocycles. The highest BCUT2D eigenvalue weighted by Gasteiger charge is 2.25. The summed E-state index contributed by atoms with van der Waals surface area (Å²) in [7, 11) is 4.53. The second-order valence-corrected chi connectivity index (χ2v) is 5.09. The Kier molecular flexibility index (Phi) is 4.04. The highest BCUT2D eigenvalue weighted by Crippen LogP contribution is 2.40. The lowest BCUT2D eigenvalue weighted by Crippen LogP contribution is -1.90. The number of fused-ring (bicyclic) bond motifs is 1. The predicted octanol–water partition coefficient (Wildman–Crippen LogP) is 3.82. The van der Waals surface area contributed by atoms with Crippen LogP contribution in [-0.4, -0.2) is 31.5 Å². The summed E-state index contributed by atoms with van der Waals surface area (Å²) >= 11 is 0. The van der Waals surface area contributed by atoms with Crippen LogP contribution in [0.2, 0.25) is 0 Å². The second-order valence-electron chi connectivity index (χ2n) is 5.09. The summed E-state index contributed by atoms with van der Waals surface area (Å²) in [6.45, 7) is 0. The summed E-state index contributed by atoms with van der Waals surface area (Å²) in [6, 6.07) is 9.65. The number of benzene rings is 2. The first-order valence-electron chi connectivity index (χ1n) is 7.16. The molecule has 0 unspecified atom stereocenters. The third-order valence-corrected chi connectivity index (χ3v) is 3.70. The lowest BCUT2D eigenvalue weighted by Gasteiger charge is -2.06. The number of methoxy groups -OCH3 is 3. The SMILES string of the molecule is COc1cc(OC)c2cc(O)c(-c3ccc(O)c(OC)c3)[o+]c2c1. The van der Waals surface area contributed by atoms with Crippen LogP contribution in [0.25, 0.3) is 22.3 Å². The van der Waals surface area contributed by atoms with E-state index >= 15 is 0 Å². The lowest BCUT2D eigenvalue weighted by atomic mass is 10.1. The average molecular weight is 329 g/mol. The van der Waals surface area contributed by atoms with Gasteiger partial charge >= 0.3 is 11.3 Å². The van der Waals surface area contributed by atoms with Gasteiger partial charge in [-0.25, -0.2) is 4.42 Å². The van der Waals surface area contributed by atoms with Gasteiger partial charge in [0.25, 0.3) is 0 Å². The number of aromatic hydroxyl groups is 2. The van der Waals surface area contributed by atoms with E-state index < -0.39 is 0 Å². The van der Waals surface area contributed by atoms with Crippen molar-refractivity contribution in [2.24, 2.45) is 0 Å². The Hall–Kier alpha value is -3.15. The fraction of sp³-hybridized carbons (Fsp3) is 0.167. The summed E-state index contributed by atoms with van der Waals surface area (Å²) in [5.74, 6) is 1.58. The zero-order valence-corrected chi connectivity index (χ0v) is 13.5. The predicted molar refractivity (Wildman–Crippen MR) is 89.0 cm³/mol. The topological polar surface area (TPSA) is 79.5 Å². The van der Waals surface area contributed by atoms with Crippen LogP contribution in [0.3, 0.4) is 0 Å². The molecule has 6 heteroatoms. The van der Waals surface area contributed by atoms with Gasteiger partial charge in [0.05, 0.1) is 33.0 Å². The highest BCUT2D eigenvalue weighted by atomic mass is 16.5. The van der Waals surface area contributed by atoms with E-state index in [0.29, 0.717) is 28.0 Å². The maximum atomic E-state index is 10.4. The van der Waals surface area contributed by atoms with Gasteiger partial charge in [-0.15, -0.1) is 0 Å². The third-order valence-electron chi connectivity index (χ3n) is 3.70. The Morgan fingerprint density at radius 2 is 1.54 bits per heavy atom. The van der Waals surface area contributed by atoms with Crippen molar-refractivity contribution < 1.29 is 28.8 Å². The molecule has 0 atom stereocenters. The minimum Gasteiger partial charge on any atom is -0.504 e. The van der Waals surface area contributed by atoms with Crippen molar-refractivity contribution in [3.8, 4) is 40.1 Å². The first-order valence-corrected chi connectivity index (χ1v) is 7.16. The molecule has 0 bridgehead atoms. The number of phenolic OH excluding ortho intramolecular Hbond substituents is 1. The van der Waals surface area contributed by atoms with Crippen LogP contribution < -0.4 is 14.2 Å². The van der Waals surface area contributed by atoms with Gasteiger partial charge < -0.3 is 24.4 Å². The molecular weight excluding hydrogens is 312 g/mol. The van der Waals surface area contributed by atoms with Crippen molar-refractivity contribution in [2.45, 2.75) is 0 Å². The van der Waals surface area contributed by atoms with Gasteiger partial charge in [0, 0.05) is 18.2 Å². The van der Waals surface area contributed by atoms with E-state index in [1.807, 2.05) is 0 Å². The largest absolute Gasteiger partial charge is 0.504 e. The minimum absolute atomic E-state index is 0.00451.